The zero-order valence-corrected chi connectivity index (χ0v) is 15.9. The Morgan fingerprint density at radius 1 is 1.12 bits per heavy atom. The first kappa shape index (κ1) is 17.0. The quantitative estimate of drug-likeness (QED) is 0.718. The van der Waals surface area contributed by atoms with Crippen LogP contribution in [0.2, 0.25) is 0 Å². The van der Waals surface area contributed by atoms with Crippen molar-refractivity contribution in [3.05, 3.63) is 47.3 Å². The molecule has 2 aromatic heterocycles. The van der Waals surface area contributed by atoms with Gasteiger partial charge in [-0.15, -0.1) is 11.3 Å². The van der Waals surface area contributed by atoms with Crippen molar-refractivity contribution in [2.75, 3.05) is 18.8 Å². The number of thiophene rings is 1. The summed E-state index contributed by atoms with van der Waals surface area (Å²) >= 11 is 1.41. The maximum absolute atomic E-state index is 13.1. The number of piperidine rings is 1. The number of hydrogen-bond acceptors (Lipinski definition) is 4. The Hall–Kier alpha value is -2.40. The van der Waals surface area contributed by atoms with Gasteiger partial charge in [0, 0.05) is 24.0 Å². The van der Waals surface area contributed by atoms with Crippen LogP contribution in [0, 0.1) is 11.8 Å². The van der Waals surface area contributed by atoms with Gasteiger partial charge in [0.2, 0.25) is 0 Å². The van der Waals surface area contributed by atoms with Gasteiger partial charge >= 0.3 is 0 Å². The van der Waals surface area contributed by atoms with Crippen LogP contribution in [-0.4, -0.2) is 28.9 Å². The molecule has 2 atom stereocenters. The lowest BCUT2D eigenvalue weighted by Gasteiger charge is -2.34. The van der Waals surface area contributed by atoms with Gasteiger partial charge in [0.15, 0.2) is 0 Å². The number of likely N-dealkylation sites (tertiary alicyclic amines) is 1. The van der Waals surface area contributed by atoms with E-state index in [0.29, 0.717) is 22.4 Å². The van der Waals surface area contributed by atoms with Gasteiger partial charge in [-0.05, 0) is 30.4 Å². The SMILES string of the molecule is CC1CC(C)CN(C(=O)c2sc3nc(-c4ccccc4)ccc3c2N)C1. The minimum Gasteiger partial charge on any atom is -0.397 e. The van der Waals surface area contributed by atoms with Crippen LogP contribution in [0.1, 0.15) is 29.9 Å². The lowest BCUT2D eigenvalue weighted by atomic mass is 9.92. The Kier molecular flexibility index (Phi) is 4.41. The second-order valence-corrected chi connectivity index (χ2v) is 8.42. The van der Waals surface area contributed by atoms with Gasteiger partial charge in [0.1, 0.15) is 9.71 Å². The number of carbonyl (C=O) groups is 1. The van der Waals surface area contributed by atoms with Gasteiger partial charge in [-0.25, -0.2) is 4.98 Å². The number of pyridine rings is 1. The number of hydrogen-bond donors (Lipinski definition) is 1. The topological polar surface area (TPSA) is 59.2 Å². The highest BCUT2D eigenvalue weighted by Gasteiger charge is 2.29. The Labute approximate surface area is 157 Å². The van der Waals surface area contributed by atoms with Crippen LogP contribution in [0.4, 0.5) is 5.69 Å². The summed E-state index contributed by atoms with van der Waals surface area (Å²) in [5.41, 5.74) is 8.85. The molecule has 26 heavy (non-hydrogen) atoms. The van der Waals surface area contributed by atoms with Crippen LogP contribution in [-0.2, 0) is 0 Å². The molecule has 1 aliphatic rings. The standard InChI is InChI=1S/C21H23N3OS/c1-13-10-14(2)12-24(11-13)21(25)19-18(22)16-8-9-17(23-20(16)26-19)15-6-4-3-5-7-15/h3-9,13-14H,10-12,22H2,1-2H3. The van der Waals surface area contributed by atoms with Crippen LogP contribution in [0.25, 0.3) is 21.5 Å². The summed E-state index contributed by atoms with van der Waals surface area (Å²) in [6, 6.07) is 14.0. The third kappa shape index (κ3) is 3.07. The number of nitrogens with zero attached hydrogens (tertiary/aromatic N) is 2. The number of rotatable bonds is 2. The number of fused-ring (bicyclic) bond motifs is 1. The van der Waals surface area contributed by atoms with E-state index in [9.17, 15) is 4.79 Å². The average molecular weight is 366 g/mol. The summed E-state index contributed by atoms with van der Waals surface area (Å²) in [7, 11) is 0. The van der Waals surface area contributed by atoms with E-state index < -0.39 is 0 Å². The molecule has 0 bridgehead atoms. The molecule has 0 spiro atoms. The van der Waals surface area contributed by atoms with Crippen molar-refractivity contribution in [2.45, 2.75) is 20.3 Å². The van der Waals surface area contributed by atoms with Gasteiger partial charge in [0.05, 0.1) is 11.4 Å². The van der Waals surface area contributed by atoms with Crippen molar-refractivity contribution in [3.8, 4) is 11.3 Å². The maximum atomic E-state index is 13.1. The van der Waals surface area contributed by atoms with E-state index in [1.807, 2.05) is 47.4 Å². The van der Waals surface area contributed by atoms with Crippen LogP contribution >= 0.6 is 11.3 Å². The summed E-state index contributed by atoms with van der Waals surface area (Å²) < 4.78 is 0. The number of amides is 1. The Morgan fingerprint density at radius 3 is 2.50 bits per heavy atom. The Morgan fingerprint density at radius 2 is 1.81 bits per heavy atom. The third-order valence-corrected chi connectivity index (χ3v) is 6.12. The first-order chi connectivity index (χ1) is 12.5. The van der Waals surface area contributed by atoms with Crippen LogP contribution in [0.5, 0.6) is 0 Å². The first-order valence-electron chi connectivity index (χ1n) is 9.06. The number of aromatic nitrogens is 1. The Bertz CT molecular complexity index is 941. The summed E-state index contributed by atoms with van der Waals surface area (Å²) in [5, 5.41) is 0.871. The fourth-order valence-electron chi connectivity index (χ4n) is 3.90. The van der Waals surface area contributed by atoms with E-state index in [-0.39, 0.29) is 5.91 Å². The summed E-state index contributed by atoms with van der Waals surface area (Å²) in [6.45, 7) is 6.02. The number of carbonyl (C=O) groups excluding carboxylic acids is 1. The number of anilines is 1. The van der Waals surface area contributed by atoms with Crippen LogP contribution < -0.4 is 5.73 Å². The van der Waals surface area contributed by atoms with Crippen molar-refractivity contribution in [2.24, 2.45) is 11.8 Å². The highest BCUT2D eigenvalue weighted by atomic mass is 32.1. The van der Waals surface area contributed by atoms with E-state index in [1.54, 1.807) is 0 Å². The van der Waals surface area contributed by atoms with Gasteiger partial charge < -0.3 is 10.6 Å². The van der Waals surface area contributed by atoms with Gasteiger partial charge in [-0.3, -0.25) is 4.79 Å². The zero-order chi connectivity index (χ0) is 18.3. The lowest BCUT2D eigenvalue weighted by molar-refractivity contribution is 0.0629. The molecule has 134 valence electrons. The predicted molar refractivity (Wildman–Crippen MR) is 108 cm³/mol. The molecule has 0 aliphatic carbocycles. The summed E-state index contributed by atoms with van der Waals surface area (Å²) in [4.78, 5) is 21.2. The normalized spacial score (nSPS) is 20.5. The van der Waals surface area contributed by atoms with Gasteiger partial charge in [-0.1, -0.05) is 44.2 Å². The molecule has 1 aliphatic heterocycles. The van der Waals surface area contributed by atoms with E-state index in [4.69, 9.17) is 10.7 Å². The number of nitrogens with two attached hydrogens (primary N) is 1. The first-order valence-corrected chi connectivity index (χ1v) is 9.88. The molecule has 2 unspecified atom stereocenters. The molecule has 1 aromatic carbocycles. The van der Waals surface area contributed by atoms with E-state index in [0.717, 1.165) is 34.6 Å². The van der Waals surface area contributed by atoms with Gasteiger partial charge in [-0.2, -0.15) is 0 Å². The second-order valence-electron chi connectivity index (χ2n) is 7.42. The van der Waals surface area contributed by atoms with E-state index >= 15 is 0 Å². The number of benzene rings is 1. The second kappa shape index (κ2) is 6.72. The minimum atomic E-state index is 0.0464. The molecule has 4 rings (SSSR count). The zero-order valence-electron chi connectivity index (χ0n) is 15.1. The van der Waals surface area contributed by atoms with E-state index in [1.165, 1.54) is 17.8 Å². The fraction of sp³-hybridized carbons (Fsp3) is 0.333. The molecule has 1 fully saturated rings. The molecule has 3 heterocycles. The third-order valence-electron chi connectivity index (χ3n) is 5.01. The molecule has 1 saturated heterocycles. The number of nitrogen functional groups attached to an aromatic ring is 1. The van der Waals surface area contributed by atoms with Crippen molar-refractivity contribution >= 4 is 33.1 Å². The van der Waals surface area contributed by atoms with Crippen LogP contribution in [0.3, 0.4) is 0 Å². The highest BCUT2D eigenvalue weighted by Crippen LogP contribution is 2.36. The summed E-state index contributed by atoms with van der Waals surface area (Å²) in [6.07, 6.45) is 1.17. The highest BCUT2D eigenvalue weighted by molar-refractivity contribution is 7.21. The fourth-order valence-corrected chi connectivity index (χ4v) is 4.96. The lowest BCUT2D eigenvalue weighted by Crippen LogP contribution is -2.42. The molecule has 5 heteroatoms. The van der Waals surface area contributed by atoms with Crippen molar-refractivity contribution in [3.63, 3.8) is 0 Å². The molecule has 0 radical (unpaired) electrons. The molecule has 4 nitrogen and oxygen atoms in total. The molecule has 2 N–H and O–H groups in total. The van der Waals surface area contributed by atoms with Gasteiger partial charge in [0.25, 0.3) is 5.91 Å². The largest absolute Gasteiger partial charge is 0.397 e. The van der Waals surface area contributed by atoms with Crippen molar-refractivity contribution < 1.29 is 4.79 Å². The summed E-state index contributed by atoms with van der Waals surface area (Å²) in [5.74, 6) is 1.10. The Balaban J connectivity index is 1.70. The maximum Gasteiger partial charge on any atom is 0.266 e. The average Bonchev–Trinajstić information content (AvgIpc) is 2.97. The molecule has 0 saturated carbocycles. The van der Waals surface area contributed by atoms with Crippen molar-refractivity contribution in [1.82, 2.24) is 9.88 Å². The molecule has 3 aromatic rings. The molecular formula is C21H23N3OS. The molecular weight excluding hydrogens is 342 g/mol. The van der Waals surface area contributed by atoms with Crippen LogP contribution in [0.15, 0.2) is 42.5 Å². The minimum absolute atomic E-state index is 0.0464. The van der Waals surface area contributed by atoms with Crippen molar-refractivity contribution in [1.29, 1.82) is 0 Å². The predicted octanol–water partition coefficient (Wildman–Crippen LogP) is 4.66. The molecule has 1 amide bonds. The monoisotopic (exact) mass is 365 g/mol. The van der Waals surface area contributed by atoms with E-state index in [2.05, 4.69) is 13.8 Å². The smallest absolute Gasteiger partial charge is 0.266 e.